The molecule has 0 aromatic heterocycles. The molecular formula is C13H13N3O2. The second-order valence-electron chi connectivity index (χ2n) is 3.35. The molecule has 0 bridgehead atoms. The van der Waals surface area contributed by atoms with Crippen LogP contribution < -0.4 is 5.32 Å². The lowest BCUT2D eigenvalue weighted by Crippen LogP contribution is -2.03. The lowest BCUT2D eigenvalue weighted by molar-refractivity contribution is -0.105. The van der Waals surface area contributed by atoms with Crippen molar-refractivity contribution < 1.29 is 9.47 Å². The zero-order chi connectivity index (χ0) is 13.4. The van der Waals surface area contributed by atoms with Crippen LogP contribution in [0.4, 0.5) is 5.69 Å². The highest BCUT2D eigenvalue weighted by Gasteiger charge is 2.08. The fourth-order valence-electron chi connectivity index (χ4n) is 1.39. The average Bonchev–Trinajstić information content (AvgIpc) is 2.42. The van der Waals surface area contributed by atoms with Crippen molar-refractivity contribution in [3.8, 4) is 12.1 Å². The Morgan fingerprint density at radius 1 is 1.28 bits per heavy atom. The largest absolute Gasteiger partial charge is 0.360 e. The summed E-state index contributed by atoms with van der Waals surface area (Å²) in [5, 5.41) is 20.1. The Hall–Kier alpha value is -2.34. The van der Waals surface area contributed by atoms with Gasteiger partial charge < -0.3 is 14.8 Å². The molecule has 92 valence electrons. The Kier molecular flexibility index (Phi) is 5.40. The normalized spacial score (nSPS) is 9.39. The molecule has 0 radical (unpaired) electrons. The summed E-state index contributed by atoms with van der Waals surface area (Å²) in [6.45, 7) is 0. The van der Waals surface area contributed by atoms with Crippen molar-refractivity contribution >= 4 is 5.69 Å². The van der Waals surface area contributed by atoms with Crippen molar-refractivity contribution in [2.45, 2.75) is 6.29 Å². The number of nitrogens with one attached hydrogen (secondary N) is 1. The molecule has 0 spiro atoms. The van der Waals surface area contributed by atoms with Gasteiger partial charge in [0.1, 0.15) is 17.7 Å². The minimum Gasteiger partial charge on any atom is -0.360 e. The summed E-state index contributed by atoms with van der Waals surface area (Å²) in [4.78, 5) is 0. The predicted molar refractivity (Wildman–Crippen MR) is 66.1 cm³/mol. The molecule has 1 N–H and O–H groups in total. The van der Waals surface area contributed by atoms with Crippen LogP contribution in [0.1, 0.15) is 11.9 Å². The zero-order valence-corrected chi connectivity index (χ0v) is 10.2. The highest BCUT2D eigenvalue weighted by molar-refractivity contribution is 5.51. The van der Waals surface area contributed by atoms with Gasteiger partial charge in [-0.25, -0.2) is 0 Å². The van der Waals surface area contributed by atoms with Gasteiger partial charge in [-0.2, -0.15) is 10.5 Å². The van der Waals surface area contributed by atoms with E-state index in [0.29, 0.717) is 0 Å². The van der Waals surface area contributed by atoms with Crippen LogP contribution >= 0.6 is 0 Å². The van der Waals surface area contributed by atoms with E-state index in [4.69, 9.17) is 20.0 Å². The molecule has 0 heterocycles. The second kappa shape index (κ2) is 7.08. The summed E-state index contributed by atoms with van der Waals surface area (Å²) < 4.78 is 10.3. The Morgan fingerprint density at radius 3 is 2.50 bits per heavy atom. The van der Waals surface area contributed by atoms with Gasteiger partial charge in [-0.15, -0.1) is 0 Å². The van der Waals surface area contributed by atoms with Crippen LogP contribution in [-0.4, -0.2) is 14.2 Å². The smallest absolute Gasteiger partial charge is 0.183 e. The van der Waals surface area contributed by atoms with Crippen LogP contribution in [0.15, 0.2) is 36.0 Å². The van der Waals surface area contributed by atoms with Gasteiger partial charge in [0.2, 0.25) is 0 Å². The molecule has 0 aliphatic heterocycles. The van der Waals surface area contributed by atoms with E-state index in [2.05, 4.69) is 5.32 Å². The first-order valence-corrected chi connectivity index (χ1v) is 5.17. The maximum atomic E-state index is 8.60. The van der Waals surface area contributed by atoms with Gasteiger partial charge >= 0.3 is 0 Å². The fraction of sp³-hybridized carbons (Fsp3) is 0.231. The second-order valence-corrected chi connectivity index (χ2v) is 3.35. The molecule has 0 saturated carbocycles. The van der Waals surface area contributed by atoms with E-state index in [1.165, 1.54) is 6.20 Å². The molecule has 0 saturated heterocycles. The number of rotatable bonds is 5. The van der Waals surface area contributed by atoms with E-state index in [-0.39, 0.29) is 5.57 Å². The third-order valence-electron chi connectivity index (χ3n) is 2.21. The standard InChI is InChI=1S/C13H13N3O2/c1-17-13(18-2)11-4-3-5-12(6-11)16-9-10(7-14)8-15/h3-6,9,13,16H,1-2H3. The molecule has 0 aliphatic carbocycles. The number of methoxy groups -OCH3 is 2. The van der Waals surface area contributed by atoms with Crippen molar-refractivity contribution in [3.05, 3.63) is 41.6 Å². The molecule has 0 fully saturated rings. The fourth-order valence-corrected chi connectivity index (χ4v) is 1.39. The third kappa shape index (κ3) is 3.60. The molecule has 0 unspecified atom stereocenters. The third-order valence-corrected chi connectivity index (χ3v) is 2.21. The van der Waals surface area contributed by atoms with Crippen LogP contribution in [0.5, 0.6) is 0 Å². The maximum Gasteiger partial charge on any atom is 0.183 e. The molecule has 0 atom stereocenters. The Bertz CT molecular complexity index is 492. The highest BCUT2D eigenvalue weighted by atomic mass is 16.7. The number of hydrogen-bond donors (Lipinski definition) is 1. The summed E-state index contributed by atoms with van der Waals surface area (Å²) in [7, 11) is 3.11. The molecule has 18 heavy (non-hydrogen) atoms. The van der Waals surface area contributed by atoms with Crippen LogP contribution in [0, 0.1) is 22.7 Å². The summed E-state index contributed by atoms with van der Waals surface area (Å²) in [5.74, 6) is 0. The monoisotopic (exact) mass is 243 g/mol. The summed E-state index contributed by atoms with van der Waals surface area (Å²) in [5.41, 5.74) is 1.60. The number of nitriles is 2. The molecule has 1 aromatic carbocycles. The lowest BCUT2D eigenvalue weighted by atomic mass is 10.2. The summed E-state index contributed by atoms with van der Waals surface area (Å²) >= 11 is 0. The number of benzene rings is 1. The minimum atomic E-state index is -0.442. The highest BCUT2D eigenvalue weighted by Crippen LogP contribution is 2.20. The zero-order valence-electron chi connectivity index (χ0n) is 10.2. The lowest BCUT2D eigenvalue weighted by Gasteiger charge is -2.14. The van der Waals surface area contributed by atoms with Gasteiger partial charge in [-0.3, -0.25) is 0 Å². The molecule has 5 heteroatoms. The summed E-state index contributed by atoms with van der Waals surface area (Å²) in [6.07, 6.45) is 0.912. The van der Waals surface area contributed by atoms with Crippen molar-refractivity contribution in [1.82, 2.24) is 0 Å². The van der Waals surface area contributed by atoms with Crippen molar-refractivity contribution in [2.75, 3.05) is 19.5 Å². The molecule has 5 nitrogen and oxygen atoms in total. The van der Waals surface area contributed by atoms with E-state index >= 15 is 0 Å². The van der Waals surface area contributed by atoms with Crippen molar-refractivity contribution in [3.63, 3.8) is 0 Å². The van der Waals surface area contributed by atoms with E-state index in [1.807, 2.05) is 24.3 Å². The van der Waals surface area contributed by atoms with Crippen LogP contribution in [0.25, 0.3) is 0 Å². The van der Waals surface area contributed by atoms with E-state index in [9.17, 15) is 0 Å². The predicted octanol–water partition coefficient (Wildman–Crippen LogP) is 2.32. The minimum absolute atomic E-state index is 0.00966. The number of hydrogen-bond acceptors (Lipinski definition) is 5. The SMILES string of the molecule is COC(OC)c1cccc(NC=C(C#N)C#N)c1. The van der Waals surface area contributed by atoms with Gasteiger partial charge in [-0.1, -0.05) is 12.1 Å². The molecule has 0 amide bonds. The van der Waals surface area contributed by atoms with E-state index < -0.39 is 6.29 Å². The number of ether oxygens (including phenoxy) is 2. The Labute approximate surface area is 106 Å². The van der Waals surface area contributed by atoms with Gasteiger partial charge in [0.05, 0.1) is 0 Å². The summed E-state index contributed by atoms with van der Waals surface area (Å²) in [6, 6.07) is 10.9. The quantitative estimate of drug-likeness (QED) is 0.634. The average molecular weight is 243 g/mol. The van der Waals surface area contributed by atoms with Crippen LogP contribution in [-0.2, 0) is 9.47 Å². The maximum absolute atomic E-state index is 8.60. The first-order valence-electron chi connectivity index (χ1n) is 5.17. The molecule has 0 aliphatic rings. The first-order chi connectivity index (χ1) is 8.74. The molecule has 1 aromatic rings. The van der Waals surface area contributed by atoms with Gasteiger partial charge in [0.15, 0.2) is 6.29 Å². The topological polar surface area (TPSA) is 78.1 Å². The number of allylic oxidation sites excluding steroid dienone is 1. The van der Waals surface area contributed by atoms with Crippen LogP contribution in [0.2, 0.25) is 0 Å². The van der Waals surface area contributed by atoms with Crippen molar-refractivity contribution in [2.24, 2.45) is 0 Å². The van der Waals surface area contributed by atoms with Gasteiger partial charge in [-0.05, 0) is 12.1 Å². The van der Waals surface area contributed by atoms with Gasteiger partial charge in [0, 0.05) is 31.7 Å². The number of anilines is 1. The Morgan fingerprint density at radius 2 is 1.94 bits per heavy atom. The Balaban J connectivity index is 2.87. The van der Waals surface area contributed by atoms with Crippen molar-refractivity contribution in [1.29, 1.82) is 10.5 Å². The first kappa shape index (κ1) is 13.7. The van der Waals surface area contributed by atoms with E-state index in [1.54, 1.807) is 26.4 Å². The van der Waals surface area contributed by atoms with Crippen LogP contribution in [0.3, 0.4) is 0 Å². The van der Waals surface area contributed by atoms with Gasteiger partial charge in [0.25, 0.3) is 0 Å². The van der Waals surface area contributed by atoms with E-state index in [0.717, 1.165) is 11.3 Å². The molecule has 1 rings (SSSR count). The molecular weight excluding hydrogens is 230 g/mol. The number of nitrogens with zero attached hydrogens (tertiary/aromatic N) is 2.